The second-order valence-corrected chi connectivity index (χ2v) is 4.67. The predicted octanol–water partition coefficient (Wildman–Crippen LogP) is 2.42. The molecule has 0 aromatic heterocycles. The molecule has 0 spiro atoms. The topological polar surface area (TPSA) is 52.3 Å². The van der Waals surface area contributed by atoms with Crippen LogP contribution in [0.2, 0.25) is 0 Å². The van der Waals surface area contributed by atoms with Crippen LogP contribution in [0.1, 0.15) is 37.3 Å². The highest BCUT2D eigenvalue weighted by Gasteiger charge is 2.20. The molecule has 1 aliphatic rings. The summed E-state index contributed by atoms with van der Waals surface area (Å²) in [7, 11) is 0. The van der Waals surface area contributed by atoms with Crippen molar-refractivity contribution in [1.82, 2.24) is 0 Å². The molecule has 0 unspecified atom stereocenters. The summed E-state index contributed by atoms with van der Waals surface area (Å²) >= 11 is 0. The van der Waals surface area contributed by atoms with Crippen LogP contribution in [0, 0.1) is 5.92 Å². The fourth-order valence-corrected chi connectivity index (χ4v) is 2.26. The molecular weight excluding hydrogens is 214 g/mol. The molecule has 0 amide bonds. The highest BCUT2D eigenvalue weighted by molar-refractivity contribution is 5.77. The Morgan fingerprint density at radius 3 is 2.59 bits per heavy atom. The summed E-state index contributed by atoms with van der Waals surface area (Å²) in [5.41, 5.74) is 6.66. The van der Waals surface area contributed by atoms with Crippen molar-refractivity contribution >= 4 is 5.97 Å². The quantitative estimate of drug-likeness (QED) is 0.812. The largest absolute Gasteiger partial charge is 0.464 e. The predicted molar refractivity (Wildman–Crippen MR) is 66.3 cm³/mol. The standard InChI is InChI=1S/C14H19NO2/c15-13(12-8-2-1-3-9-12)14(16)17-10-11-6-4-5-7-11/h1-3,8-9,11,13H,4-7,10,15H2/t13-/m0/s1. The Morgan fingerprint density at radius 2 is 1.94 bits per heavy atom. The van der Waals surface area contributed by atoms with Gasteiger partial charge in [-0.05, 0) is 24.3 Å². The number of nitrogens with two attached hydrogens (primary N) is 1. The number of ether oxygens (including phenoxy) is 1. The smallest absolute Gasteiger partial charge is 0.327 e. The lowest BCUT2D eigenvalue weighted by Crippen LogP contribution is -2.25. The van der Waals surface area contributed by atoms with E-state index in [1.54, 1.807) is 0 Å². The lowest BCUT2D eigenvalue weighted by Gasteiger charge is -2.14. The molecule has 1 aromatic rings. The molecule has 1 aliphatic carbocycles. The Morgan fingerprint density at radius 1 is 1.29 bits per heavy atom. The van der Waals surface area contributed by atoms with Gasteiger partial charge in [-0.2, -0.15) is 0 Å². The summed E-state index contributed by atoms with van der Waals surface area (Å²) in [6.45, 7) is 0.527. The van der Waals surface area contributed by atoms with E-state index in [0.29, 0.717) is 12.5 Å². The maximum absolute atomic E-state index is 11.8. The van der Waals surface area contributed by atoms with Crippen LogP contribution in [-0.2, 0) is 9.53 Å². The molecule has 3 heteroatoms. The molecule has 17 heavy (non-hydrogen) atoms. The van der Waals surface area contributed by atoms with Crippen molar-refractivity contribution in [2.75, 3.05) is 6.61 Å². The molecule has 0 aliphatic heterocycles. The van der Waals surface area contributed by atoms with Crippen LogP contribution in [0.25, 0.3) is 0 Å². The third kappa shape index (κ3) is 3.30. The van der Waals surface area contributed by atoms with Crippen LogP contribution in [0.3, 0.4) is 0 Å². The van der Waals surface area contributed by atoms with Crippen LogP contribution in [0.5, 0.6) is 0 Å². The van der Waals surface area contributed by atoms with E-state index in [4.69, 9.17) is 10.5 Å². The van der Waals surface area contributed by atoms with Crippen LogP contribution >= 0.6 is 0 Å². The third-order valence-electron chi connectivity index (χ3n) is 3.35. The van der Waals surface area contributed by atoms with Gasteiger partial charge in [-0.1, -0.05) is 43.2 Å². The Balaban J connectivity index is 1.83. The highest BCUT2D eigenvalue weighted by atomic mass is 16.5. The zero-order valence-electron chi connectivity index (χ0n) is 9.97. The Bertz CT molecular complexity index is 358. The number of carbonyl (C=O) groups excluding carboxylic acids is 1. The first-order valence-corrected chi connectivity index (χ1v) is 6.24. The van der Waals surface area contributed by atoms with Gasteiger partial charge in [-0.15, -0.1) is 0 Å². The first-order valence-electron chi connectivity index (χ1n) is 6.24. The SMILES string of the molecule is N[C@H](C(=O)OCC1CCCC1)c1ccccc1. The molecule has 92 valence electrons. The summed E-state index contributed by atoms with van der Waals surface area (Å²) in [5.74, 6) is 0.227. The van der Waals surface area contributed by atoms with Crippen molar-refractivity contribution < 1.29 is 9.53 Å². The summed E-state index contributed by atoms with van der Waals surface area (Å²) < 4.78 is 5.28. The normalized spacial score (nSPS) is 17.9. The van der Waals surface area contributed by atoms with E-state index in [1.165, 1.54) is 25.7 Å². The van der Waals surface area contributed by atoms with Gasteiger partial charge in [0.05, 0.1) is 6.61 Å². The number of hydrogen-bond acceptors (Lipinski definition) is 3. The number of rotatable bonds is 4. The lowest BCUT2D eigenvalue weighted by atomic mass is 10.1. The molecular formula is C14H19NO2. The van der Waals surface area contributed by atoms with Crippen LogP contribution < -0.4 is 5.73 Å². The molecule has 1 aromatic carbocycles. The van der Waals surface area contributed by atoms with Gasteiger partial charge in [0.2, 0.25) is 0 Å². The molecule has 1 fully saturated rings. The highest BCUT2D eigenvalue weighted by Crippen LogP contribution is 2.25. The van der Waals surface area contributed by atoms with Crippen molar-refractivity contribution in [1.29, 1.82) is 0 Å². The van der Waals surface area contributed by atoms with Gasteiger partial charge in [0.1, 0.15) is 6.04 Å². The van der Waals surface area contributed by atoms with Crippen LogP contribution in [0.4, 0.5) is 0 Å². The number of esters is 1. The van der Waals surface area contributed by atoms with Crippen molar-refractivity contribution in [3.8, 4) is 0 Å². The molecule has 3 nitrogen and oxygen atoms in total. The van der Waals surface area contributed by atoms with Gasteiger partial charge >= 0.3 is 5.97 Å². The Labute approximate surface area is 102 Å². The molecule has 0 saturated heterocycles. The van der Waals surface area contributed by atoms with E-state index >= 15 is 0 Å². The molecule has 0 bridgehead atoms. The minimum atomic E-state index is -0.655. The van der Waals surface area contributed by atoms with Gasteiger partial charge in [0, 0.05) is 0 Å². The van der Waals surface area contributed by atoms with Gasteiger partial charge in [-0.25, -0.2) is 4.79 Å². The Hall–Kier alpha value is -1.35. The van der Waals surface area contributed by atoms with Crippen molar-refractivity contribution in [2.24, 2.45) is 11.7 Å². The first-order chi connectivity index (χ1) is 8.27. The first kappa shape index (κ1) is 12.1. The van der Waals surface area contributed by atoms with Crippen molar-refractivity contribution in [2.45, 2.75) is 31.7 Å². The van der Waals surface area contributed by atoms with Crippen LogP contribution in [-0.4, -0.2) is 12.6 Å². The maximum atomic E-state index is 11.8. The third-order valence-corrected chi connectivity index (χ3v) is 3.35. The van der Waals surface area contributed by atoms with E-state index in [-0.39, 0.29) is 5.97 Å². The fourth-order valence-electron chi connectivity index (χ4n) is 2.26. The fraction of sp³-hybridized carbons (Fsp3) is 0.500. The van der Waals surface area contributed by atoms with E-state index in [0.717, 1.165) is 5.56 Å². The molecule has 2 N–H and O–H groups in total. The molecule has 0 radical (unpaired) electrons. The summed E-state index contributed by atoms with van der Waals surface area (Å²) in [5, 5.41) is 0. The summed E-state index contributed by atoms with van der Waals surface area (Å²) in [6, 6.07) is 8.69. The van der Waals surface area contributed by atoms with Gasteiger partial charge in [0.25, 0.3) is 0 Å². The zero-order valence-corrected chi connectivity index (χ0v) is 9.97. The van der Waals surface area contributed by atoms with Crippen molar-refractivity contribution in [3.05, 3.63) is 35.9 Å². The van der Waals surface area contributed by atoms with Crippen LogP contribution in [0.15, 0.2) is 30.3 Å². The molecule has 2 rings (SSSR count). The van der Waals surface area contributed by atoms with E-state index in [2.05, 4.69) is 0 Å². The molecule has 0 heterocycles. The summed E-state index contributed by atoms with van der Waals surface area (Å²) in [6.07, 6.45) is 4.86. The van der Waals surface area contributed by atoms with Crippen molar-refractivity contribution in [3.63, 3.8) is 0 Å². The second-order valence-electron chi connectivity index (χ2n) is 4.67. The second kappa shape index (κ2) is 5.82. The lowest BCUT2D eigenvalue weighted by molar-refractivity contribution is -0.146. The average Bonchev–Trinajstić information content (AvgIpc) is 2.89. The minimum absolute atomic E-state index is 0.317. The number of hydrogen-bond donors (Lipinski definition) is 1. The zero-order chi connectivity index (χ0) is 12.1. The average molecular weight is 233 g/mol. The maximum Gasteiger partial charge on any atom is 0.327 e. The minimum Gasteiger partial charge on any atom is -0.464 e. The van der Waals surface area contributed by atoms with Gasteiger partial charge in [0.15, 0.2) is 0 Å². The van der Waals surface area contributed by atoms with Gasteiger partial charge < -0.3 is 10.5 Å². The van der Waals surface area contributed by atoms with E-state index in [9.17, 15) is 4.79 Å². The van der Waals surface area contributed by atoms with Gasteiger partial charge in [-0.3, -0.25) is 0 Å². The Kier molecular flexibility index (Phi) is 4.15. The van der Waals surface area contributed by atoms with E-state index in [1.807, 2.05) is 30.3 Å². The summed E-state index contributed by atoms with van der Waals surface area (Å²) in [4.78, 5) is 11.8. The number of carbonyl (C=O) groups is 1. The molecule has 1 atom stereocenters. The molecule has 1 saturated carbocycles. The monoisotopic (exact) mass is 233 g/mol. The van der Waals surface area contributed by atoms with E-state index < -0.39 is 6.04 Å². The number of benzene rings is 1.